The number of anilines is 1. The molecule has 0 bridgehead atoms. The number of carboxylic acid groups (broad SMARTS) is 1. The van der Waals surface area contributed by atoms with Gasteiger partial charge in [0, 0.05) is 27.5 Å². The minimum absolute atomic E-state index is 0.631. The Hall–Kier alpha value is -2.82. The van der Waals surface area contributed by atoms with E-state index in [4.69, 9.17) is 0 Å². The summed E-state index contributed by atoms with van der Waals surface area (Å²) in [5, 5.41) is 17.2. The first-order valence-electron chi connectivity index (χ1n) is 8.55. The topological polar surface area (TPSA) is 66.6 Å². The number of aliphatic carboxylic acids is 1. The van der Waals surface area contributed by atoms with Crippen LogP contribution in [0.15, 0.2) is 36.5 Å². The van der Waals surface area contributed by atoms with Gasteiger partial charge < -0.3 is 10.4 Å². The Morgan fingerprint density at radius 3 is 2.78 bits per heavy atom. The molecule has 0 radical (unpaired) electrons. The first-order valence-corrected chi connectivity index (χ1v) is 10.2. The second kappa shape index (κ2) is 5.84. The Kier molecular flexibility index (Phi) is 3.54. The van der Waals surface area contributed by atoms with Crippen LogP contribution >= 0.6 is 22.7 Å². The first-order chi connectivity index (χ1) is 13.1. The first kappa shape index (κ1) is 16.4. The van der Waals surface area contributed by atoms with Gasteiger partial charge in [-0.3, -0.25) is 4.79 Å². The average molecular weight is 393 g/mol. The Morgan fingerprint density at radius 2 is 2.07 bits per heavy atom. The van der Waals surface area contributed by atoms with E-state index in [1.54, 1.807) is 22.7 Å². The molecule has 4 aromatic heterocycles. The summed E-state index contributed by atoms with van der Waals surface area (Å²) < 4.78 is 4.03. The van der Waals surface area contributed by atoms with E-state index in [0.717, 1.165) is 43.2 Å². The van der Waals surface area contributed by atoms with E-state index in [0.29, 0.717) is 5.69 Å². The fraction of sp³-hybridized carbons (Fsp3) is 0.200. The summed E-state index contributed by atoms with van der Waals surface area (Å²) >= 11 is 3.18. The van der Waals surface area contributed by atoms with Crippen LogP contribution in [0.25, 0.3) is 14.9 Å². The lowest BCUT2D eigenvalue weighted by molar-refractivity contribution is -0.139. The number of carboxylic acids is 1. The van der Waals surface area contributed by atoms with E-state index in [2.05, 4.69) is 22.3 Å². The van der Waals surface area contributed by atoms with Crippen LogP contribution in [0.3, 0.4) is 0 Å². The molecule has 1 fully saturated rings. The van der Waals surface area contributed by atoms with E-state index in [-0.39, 0.29) is 0 Å². The standard InChI is InChI=1S/C20H15N3O2S2/c1-21-18-13(22-23-9-3-2-4-14(18)23)6-5-12-10-15-16(26-12)11-17(27-15)20(7-8-20)19(24)25/h2-4,9-11,21H,7-8H2,1H3,(H,24,25). The summed E-state index contributed by atoms with van der Waals surface area (Å²) in [5.41, 5.74) is 1.99. The molecule has 7 heteroatoms. The minimum atomic E-state index is -0.706. The maximum absolute atomic E-state index is 11.5. The molecule has 2 N–H and O–H groups in total. The second-order valence-corrected chi connectivity index (χ2v) is 8.76. The molecule has 0 saturated heterocycles. The van der Waals surface area contributed by atoms with Gasteiger partial charge in [0.2, 0.25) is 0 Å². The number of aromatic nitrogens is 2. The molecule has 1 saturated carbocycles. The number of hydrogen-bond donors (Lipinski definition) is 2. The van der Waals surface area contributed by atoms with E-state index < -0.39 is 11.4 Å². The van der Waals surface area contributed by atoms with Gasteiger partial charge in [-0.1, -0.05) is 6.07 Å². The summed E-state index contributed by atoms with van der Waals surface area (Å²) in [6.07, 6.45) is 3.38. The fourth-order valence-corrected chi connectivity index (χ4v) is 5.77. The third-order valence-electron chi connectivity index (χ3n) is 4.93. The molecule has 4 aromatic rings. The molecule has 0 aromatic carbocycles. The van der Waals surface area contributed by atoms with Crippen LogP contribution in [-0.2, 0) is 10.2 Å². The van der Waals surface area contributed by atoms with Crippen LogP contribution in [0.2, 0.25) is 0 Å². The zero-order chi connectivity index (χ0) is 18.6. The van der Waals surface area contributed by atoms with E-state index in [1.165, 1.54) is 0 Å². The highest BCUT2D eigenvalue weighted by Gasteiger charge is 2.53. The summed E-state index contributed by atoms with van der Waals surface area (Å²) in [5.74, 6) is 5.68. The molecular weight excluding hydrogens is 378 g/mol. The van der Waals surface area contributed by atoms with Crippen molar-refractivity contribution >= 4 is 49.2 Å². The number of pyridine rings is 1. The summed E-state index contributed by atoms with van der Waals surface area (Å²) in [6.45, 7) is 0. The van der Waals surface area contributed by atoms with Crippen LogP contribution < -0.4 is 5.32 Å². The number of hydrogen-bond acceptors (Lipinski definition) is 5. The molecule has 4 heterocycles. The molecule has 1 aliphatic carbocycles. The van der Waals surface area contributed by atoms with Gasteiger partial charge in [-0.15, -0.1) is 22.7 Å². The van der Waals surface area contributed by atoms with Gasteiger partial charge in [0.1, 0.15) is 5.41 Å². The van der Waals surface area contributed by atoms with Crippen molar-refractivity contribution in [3.8, 4) is 11.8 Å². The van der Waals surface area contributed by atoms with Crippen LogP contribution in [0.4, 0.5) is 5.69 Å². The Morgan fingerprint density at radius 1 is 1.26 bits per heavy atom. The Bertz CT molecular complexity index is 1230. The minimum Gasteiger partial charge on any atom is -0.481 e. The largest absolute Gasteiger partial charge is 0.481 e. The third kappa shape index (κ3) is 2.52. The van der Waals surface area contributed by atoms with Crippen molar-refractivity contribution in [2.24, 2.45) is 0 Å². The van der Waals surface area contributed by atoms with Crippen molar-refractivity contribution in [3.63, 3.8) is 0 Å². The monoisotopic (exact) mass is 393 g/mol. The Balaban J connectivity index is 1.50. The second-order valence-electron chi connectivity index (χ2n) is 6.59. The van der Waals surface area contributed by atoms with Gasteiger partial charge in [0.15, 0.2) is 5.69 Å². The molecule has 0 unspecified atom stereocenters. The quantitative estimate of drug-likeness (QED) is 0.513. The highest BCUT2D eigenvalue weighted by Crippen LogP contribution is 2.52. The predicted octanol–water partition coefficient (Wildman–Crippen LogP) is 4.17. The number of nitrogens with one attached hydrogen (secondary N) is 1. The molecular formula is C20H15N3O2S2. The van der Waals surface area contributed by atoms with Crippen molar-refractivity contribution in [1.82, 2.24) is 9.61 Å². The maximum atomic E-state index is 11.5. The lowest BCUT2D eigenvalue weighted by atomic mass is 10.1. The van der Waals surface area contributed by atoms with Crippen molar-refractivity contribution in [2.45, 2.75) is 18.3 Å². The molecule has 5 rings (SSSR count). The van der Waals surface area contributed by atoms with Crippen molar-refractivity contribution < 1.29 is 9.90 Å². The highest BCUT2D eigenvalue weighted by molar-refractivity contribution is 7.28. The molecule has 0 spiro atoms. The van der Waals surface area contributed by atoms with E-state index >= 15 is 0 Å². The van der Waals surface area contributed by atoms with Gasteiger partial charge in [-0.25, -0.2) is 4.52 Å². The van der Waals surface area contributed by atoms with Gasteiger partial charge in [-0.05, 0) is 48.9 Å². The van der Waals surface area contributed by atoms with Crippen LogP contribution in [0, 0.1) is 11.8 Å². The summed E-state index contributed by atoms with van der Waals surface area (Å²) in [4.78, 5) is 13.4. The van der Waals surface area contributed by atoms with E-state index in [9.17, 15) is 9.90 Å². The molecule has 0 amide bonds. The SMILES string of the molecule is CNc1c(C#Cc2cc3sc(C4(C(=O)O)CC4)cc3s2)nn2ccccc12. The van der Waals surface area contributed by atoms with Crippen molar-refractivity contribution in [3.05, 3.63) is 52.0 Å². The molecule has 27 heavy (non-hydrogen) atoms. The fourth-order valence-electron chi connectivity index (χ4n) is 3.28. The lowest BCUT2D eigenvalue weighted by Gasteiger charge is -2.04. The zero-order valence-electron chi connectivity index (χ0n) is 14.4. The van der Waals surface area contributed by atoms with Gasteiger partial charge in [0.25, 0.3) is 0 Å². The smallest absolute Gasteiger partial charge is 0.314 e. The van der Waals surface area contributed by atoms with Crippen LogP contribution in [-0.4, -0.2) is 27.7 Å². The number of fused-ring (bicyclic) bond motifs is 2. The number of carbonyl (C=O) groups is 1. The maximum Gasteiger partial charge on any atom is 0.314 e. The van der Waals surface area contributed by atoms with Crippen LogP contribution in [0.1, 0.15) is 28.3 Å². The zero-order valence-corrected chi connectivity index (χ0v) is 16.1. The molecule has 1 aliphatic rings. The molecule has 0 aliphatic heterocycles. The summed E-state index contributed by atoms with van der Waals surface area (Å²) in [6, 6.07) is 9.99. The number of nitrogens with zero attached hydrogens (tertiary/aromatic N) is 2. The number of thiophene rings is 2. The van der Waals surface area contributed by atoms with Crippen LogP contribution in [0.5, 0.6) is 0 Å². The van der Waals surface area contributed by atoms with Crippen molar-refractivity contribution in [2.75, 3.05) is 12.4 Å². The van der Waals surface area contributed by atoms with Crippen molar-refractivity contribution in [1.29, 1.82) is 0 Å². The lowest BCUT2D eigenvalue weighted by Crippen LogP contribution is -2.17. The average Bonchev–Trinajstić information content (AvgIpc) is 3.07. The Labute approximate surface area is 163 Å². The molecule has 5 nitrogen and oxygen atoms in total. The molecule has 134 valence electrons. The normalized spacial score (nSPS) is 14.9. The highest BCUT2D eigenvalue weighted by atomic mass is 32.1. The summed E-state index contributed by atoms with van der Waals surface area (Å²) in [7, 11) is 1.87. The van der Waals surface area contributed by atoms with Gasteiger partial charge >= 0.3 is 5.97 Å². The number of rotatable bonds is 3. The molecule has 0 atom stereocenters. The predicted molar refractivity (Wildman–Crippen MR) is 109 cm³/mol. The van der Waals surface area contributed by atoms with Gasteiger partial charge in [-0.2, -0.15) is 5.10 Å². The van der Waals surface area contributed by atoms with Gasteiger partial charge in [0.05, 0.1) is 16.1 Å². The van der Waals surface area contributed by atoms with E-state index in [1.807, 2.05) is 48.1 Å². The third-order valence-corrected chi connectivity index (χ3v) is 7.35.